The number of fused-ring (bicyclic) bond motifs is 1. The quantitative estimate of drug-likeness (QED) is 0.510. The molecule has 0 aliphatic carbocycles. The molecule has 4 aromatic rings. The van der Waals surface area contributed by atoms with Crippen LogP contribution in [0, 0.1) is 0 Å². The van der Waals surface area contributed by atoms with Crippen molar-refractivity contribution in [3.05, 3.63) is 52.3 Å². The number of hydrogen-bond donors (Lipinski definition) is 1. The fraction of sp³-hybridized carbons (Fsp3) is 0.167. The first-order chi connectivity index (χ1) is 12.2. The van der Waals surface area contributed by atoms with Gasteiger partial charge >= 0.3 is 0 Å². The number of benzene rings is 2. The Morgan fingerprint density at radius 1 is 1.08 bits per heavy atom. The van der Waals surface area contributed by atoms with E-state index < -0.39 is 0 Å². The lowest BCUT2D eigenvalue weighted by Gasteiger charge is -2.02. The van der Waals surface area contributed by atoms with Crippen molar-refractivity contribution in [3.8, 4) is 22.8 Å². The molecule has 4 rings (SSSR count). The molecule has 2 heterocycles. The summed E-state index contributed by atoms with van der Waals surface area (Å²) in [5.41, 5.74) is 3.18. The number of aromatic amines is 1. The van der Waals surface area contributed by atoms with Gasteiger partial charge in [0, 0.05) is 12.0 Å². The van der Waals surface area contributed by atoms with E-state index in [-0.39, 0.29) is 0 Å². The minimum absolute atomic E-state index is 0.497. The molecule has 25 heavy (non-hydrogen) atoms. The molecular formula is C18H14Cl2N4O. The van der Waals surface area contributed by atoms with E-state index in [2.05, 4.69) is 27.1 Å². The fourth-order valence-corrected chi connectivity index (χ4v) is 3.25. The SMILES string of the molecule is CCCc1nnc(-c2ccc3nc(-c4c(Cl)cccc4Cl)[nH]c3c2)o1. The van der Waals surface area contributed by atoms with E-state index in [9.17, 15) is 0 Å². The summed E-state index contributed by atoms with van der Waals surface area (Å²) in [5, 5.41) is 9.27. The van der Waals surface area contributed by atoms with Crippen LogP contribution >= 0.6 is 23.2 Å². The maximum Gasteiger partial charge on any atom is 0.247 e. The van der Waals surface area contributed by atoms with Gasteiger partial charge in [-0.2, -0.15) is 0 Å². The summed E-state index contributed by atoms with van der Waals surface area (Å²) in [5.74, 6) is 1.77. The third-order valence-corrected chi connectivity index (χ3v) is 4.49. The molecule has 5 nitrogen and oxygen atoms in total. The van der Waals surface area contributed by atoms with Gasteiger partial charge in [-0.3, -0.25) is 0 Å². The Labute approximate surface area is 154 Å². The number of nitrogens with one attached hydrogen (secondary N) is 1. The molecule has 0 bridgehead atoms. The maximum absolute atomic E-state index is 6.27. The number of hydrogen-bond acceptors (Lipinski definition) is 4. The molecule has 0 radical (unpaired) electrons. The highest BCUT2D eigenvalue weighted by molar-refractivity contribution is 6.39. The van der Waals surface area contributed by atoms with Gasteiger partial charge in [0.25, 0.3) is 0 Å². The van der Waals surface area contributed by atoms with Crippen molar-refractivity contribution >= 4 is 34.2 Å². The molecule has 126 valence electrons. The van der Waals surface area contributed by atoms with E-state index in [0.29, 0.717) is 33.2 Å². The average Bonchev–Trinajstić information content (AvgIpc) is 3.21. The van der Waals surface area contributed by atoms with E-state index >= 15 is 0 Å². The van der Waals surface area contributed by atoms with Crippen LogP contribution in [0.2, 0.25) is 10.0 Å². The summed E-state index contributed by atoms with van der Waals surface area (Å²) in [6.07, 6.45) is 1.73. The van der Waals surface area contributed by atoms with Crippen LogP contribution in [-0.4, -0.2) is 20.2 Å². The second-order valence-electron chi connectivity index (χ2n) is 5.66. The lowest BCUT2D eigenvalue weighted by molar-refractivity contribution is 0.502. The molecule has 2 aromatic carbocycles. The Morgan fingerprint density at radius 2 is 1.88 bits per heavy atom. The van der Waals surface area contributed by atoms with Crippen molar-refractivity contribution in [2.45, 2.75) is 19.8 Å². The zero-order chi connectivity index (χ0) is 17.4. The fourth-order valence-electron chi connectivity index (χ4n) is 2.67. The van der Waals surface area contributed by atoms with E-state index in [1.807, 2.05) is 18.2 Å². The van der Waals surface area contributed by atoms with Gasteiger partial charge in [0.2, 0.25) is 11.8 Å². The third-order valence-electron chi connectivity index (χ3n) is 3.86. The average molecular weight is 373 g/mol. The number of imidazole rings is 1. The Hall–Kier alpha value is -2.37. The van der Waals surface area contributed by atoms with Gasteiger partial charge in [-0.15, -0.1) is 10.2 Å². The second kappa shape index (κ2) is 6.50. The van der Waals surface area contributed by atoms with Crippen LogP contribution < -0.4 is 0 Å². The first kappa shape index (κ1) is 16.1. The van der Waals surface area contributed by atoms with Crippen LogP contribution in [0.5, 0.6) is 0 Å². The van der Waals surface area contributed by atoms with Gasteiger partial charge in [0.1, 0.15) is 5.82 Å². The summed E-state index contributed by atoms with van der Waals surface area (Å²) in [4.78, 5) is 7.85. The van der Waals surface area contributed by atoms with E-state index in [1.165, 1.54) is 0 Å². The van der Waals surface area contributed by atoms with E-state index in [0.717, 1.165) is 29.4 Å². The minimum Gasteiger partial charge on any atom is -0.421 e. The van der Waals surface area contributed by atoms with Crippen molar-refractivity contribution in [1.82, 2.24) is 20.2 Å². The largest absolute Gasteiger partial charge is 0.421 e. The highest BCUT2D eigenvalue weighted by Crippen LogP contribution is 2.34. The number of rotatable bonds is 4. The van der Waals surface area contributed by atoms with Crippen LogP contribution in [0.15, 0.2) is 40.8 Å². The van der Waals surface area contributed by atoms with Crippen LogP contribution in [0.1, 0.15) is 19.2 Å². The topological polar surface area (TPSA) is 67.6 Å². The van der Waals surface area contributed by atoms with Gasteiger partial charge in [-0.25, -0.2) is 4.98 Å². The number of aryl methyl sites for hydroxylation is 1. The van der Waals surface area contributed by atoms with Crippen molar-refractivity contribution in [3.63, 3.8) is 0 Å². The number of halogens is 2. The highest BCUT2D eigenvalue weighted by atomic mass is 35.5. The van der Waals surface area contributed by atoms with Gasteiger partial charge in [-0.05, 0) is 36.8 Å². The summed E-state index contributed by atoms with van der Waals surface area (Å²) in [6, 6.07) is 11.1. The molecule has 0 amide bonds. The predicted octanol–water partition coefficient (Wildman–Crippen LogP) is 5.54. The molecule has 0 saturated heterocycles. The number of nitrogens with zero attached hydrogens (tertiary/aromatic N) is 3. The predicted molar refractivity (Wildman–Crippen MR) is 98.8 cm³/mol. The number of H-pyrrole nitrogens is 1. The molecule has 0 saturated carbocycles. The number of aromatic nitrogens is 4. The Balaban J connectivity index is 1.77. The first-order valence-electron chi connectivity index (χ1n) is 7.92. The van der Waals surface area contributed by atoms with Crippen molar-refractivity contribution in [2.24, 2.45) is 0 Å². The minimum atomic E-state index is 0.497. The van der Waals surface area contributed by atoms with Crippen LogP contribution in [0.3, 0.4) is 0 Å². The molecule has 0 spiro atoms. The Kier molecular flexibility index (Phi) is 4.19. The lowest BCUT2D eigenvalue weighted by Crippen LogP contribution is -1.83. The zero-order valence-electron chi connectivity index (χ0n) is 13.4. The smallest absolute Gasteiger partial charge is 0.247 e. The lowest BCUT2D eigenvalue weighted by atomic mass is 10.2. The maximum atomic E-state index is 6.27. The Bertz CT molecular complexity index is 1030. The van der Waals surface area contributed by atoms with Crippen molar-refractivity contribution in [2.75, 3.05) is 0 Å². The summed E-state index contributed by atoms with van der Waals surface area (Å²) in [7, 11) is 0. The molecule has 0 aliphatic heterocycles. The summed E-state index contributed by atoms with van der Waals surface area (Å²) >= 11 is 12.5. The van der Waals surface area contributed by atoms with Crippen LogP contribution in [0.25, 0.3) is 33.9 Å². The zero-order valence-corrected chi connectivity index (χ0v) is 14.9. The van der Waals surface area contributed by atoms with Gasteiger partial charge in [0.15, 0.2) is 0 Å². The van der Waals surface area contributed by atoms with Gasteiger partial charge in [0.05, 0.1) is 26.6 Å². The van der Waals surface area contributed by atoms with Crippen LogP contribution in [0.4, 0.5) is 0 Å². The van der Waals surface area contributed by atoms with E-state index in [1.54, 1.807) is 18.2 Å². The first-order valence-corrected chi connectivity index (χ1v) is 8.68. The summed E-state index contributed by atoms with van der Waals surface area (Å²) < 4.78 is 5.69. The molecule has 0 atom stereocenters. The molecule has 0 aliphatic rings. The molecule has 0 unspecified atom stereocenters. The normalized spacial score (nSPS) is 11.3. The molecule has 1 N–H and O–H groups in total. The molecule has 2 aromatic heterocycles. The Morgan fingerprint density at radius 3 is 2.64 bits per heavy atom. The third kappa shape index (κ3) is 3.01. The van der Waals surface area contributed by atoms with Crippen LogP contribution in [-0.2, 0) is 6.42 Å². The molecule has 7 heteroatoms. The highest BCUT2D eigenvalue weighted by Gasteiger charge is 2.14. The monoisotopic (exact) mass is 372 g/mol. The second-order valence-corrected chi connectivity index (χ2v) is 6.48. The van der Waals surface area contributed by atoms with E-state index in [4.69, 9.17) is 27.6 Å². The van der Waals surface area contributed by atoms with Gasteiger partial charge in [-0.1, -0.05) is 36.2 Å². The molecule has 0 fully saturated rings. The van der Waals surface area contributed by atoms with Crippen molar-refractivity contribution in [1.29, 1.82) is 0 Å². The standard InChI is InChI=1S/C18H14Cl2N4O/c1-2-4-15-23-24-18(25-15)10-7-8-13-14(9-10)22-17(21-13)16-11(19)5-3-6-12(16)20/h3,5-9H,2,4H2,1H3,(H,21,22). The van der Waals surface area contributed by atoms with Gasteiger partial charge < -0.3 is 9.40 Å². The summed E-state index contributed by atoms with van der Waals surface area (Å²) in [6.45, 7) is 2.07. The molecular weight excluding hydrogens is 359 g/mol. The van der Waals surface area contributed by atoms with Crippen molar-refractivity contribution < 1.29 is 4.42 Å².